The molecule has 0 aromatic carbocycles. The van der Waals surface area contributed by atoms with Crippen LogP contribution in [0.3, 0.4) is 0 Å². The predicted octanol–water partition coefficient (Wildman–Crippen LogP) is 1.46. The van der Waals surface area contributed by atoms with Crippen molar-refractivity contribution in [2.24, 2.45) is 0 Å². The summed E-state index contributed by atoms with van der Waals surface area (Å²) in [6, 6.07) is 4.36. The first-order chi connectivity index (χ1) is 12.2. The molecule has 0 unspecified atom stereocenters. The molecule has 130 valence electrons. The Morgan fingerprint density at radius 1 is 1.28 bits per heavy atom. The average molecular weight is 344 g/mol. The topological polar surface area (TPSA) is 77.4 Å². The number of carbonyl (C=O) groups is 1. The van der Waals surface area contributed by atoms with Gasteiger partial charge in [0.25, 0.3) is 11.8 Å². The zero-order chi connectivity index (χ0) is 17.2. The third-order valence-corrected chi connectivity index (χ3v) is 4.62. The quantitative estimate of drug-likeness (QED) is 0.839. The van der Waals surface area contributed by atoms with E-state index in [9.17, 15) is 9.18 Å². The van der Waals surface area contributed by atoms with E-state index in [-0.39, 0.29) is 30.0 Å². The molecule has 7 nitrogen and oxygen atoms in total. The first-order valence-corrected chi connectivity index (χ1v) is 8.20. The molecular formula is C17H17FN4O3. The van der Waals surface area contributed by atoms with Crippen LogP contribution in [0.5, 0.6) is 5.88 Å². The highest BCUT2D eigenvalue weighted by Gasteiger charge is 2.46. The van der Waals surface area contributed by atoms with Crippen LogP contribution < -0.4 is 4.74 Å². The van der Waals surface area contributed by atoms with Crippen LogP contribution in [0.1, 0.15) is 23.2 Å². The fourth-order valence-electron chi connectivity index (χ4n) is 3.48. The highest BCUT2D eigenvalue weighted by Crippen LogP contribution is 2.33. The molecule has 0 spiro atoms. The Morgan fingerprint density at radius 2 is 2.20 bits per heavy atom. The van der Waals surface area contributed by atoms with Gasteiger partial charge in [-0.15, -0.1) is 0 Å². The maximum Gasteiger partial charge on any atom is 0.255 e. The average Bonchev–Trinajstić information content (AvgIpc) is 3.07. The Morgan fingerprint density at radius 3 is 3.00 bits per heavy atom. The molecule has 3 atom stereocenters. The van der Waals surface area contributed by atoms with Gasteiger partial charge in [-0.1, -0.05) is 0 Å². The number of carbonyl (C=O) groups excluding carboxylic acids is 1. The van der Waals surface area contributed by atoms with Crippen LogP contribution in [0, 0.1) is 5.82 Å². The second-order valence-electron chi connectivity index (χ2n) is 6.06. The normalized spacial score (nSPS) is 25.5. The highest BCUT2D eigenvalue weighted by atomic mass is 19.1. The monoisotopic (exact) mass is 344 g/mol. The Kier molecular flexibility index (Phi) is 4.27. The van der Waals surface area contributed by atoms with Crippen LogP contribution in [-0.4, -0.2) is 57.4 Å². The molecule has 0 N–H and O–H groups in total. The van der Waals surface area contributed by atoms with E-state index in [1.54, 1.807) is 11.0 Å². The molecule has 3 heterocycles. The molecule has 4 rings (SSSR count). The largest absolute Gasteiger partial charge is 0.469 e. The molecule has 2 aromatic heterocycles. The summed E-state index contributed by atoms with van der Waals surface area (Å²) in [7, 11) is 0. The summed E-state index contributed by atoms with van der Waals surface area (Å²) in [4.78, 5) is 18.5. The van der Waals surface area contributed by atoms with Gasteiger partial charge < -0.3 is 14.4 Å². The van der Waals surface area contributed by atoms with Crippen LogP contribution >= 0.6 is 0 Å². The van der Waals surface area contributed by atoms with E-state index in [0.717, 1.165) is 6.42 Å². The van der Waals surface area contributed by atoms with Gasteiger partial charge in [0.1, 0.15) is 12.2 Å². The summed E-state index contributed by atoms with van der Waals surface area (Å²) in [5.41, 5.74) is 0.496. The second-order valence-corrected chi connectivity index (χ2v) is 6.06. The van der Waals surface area contributed by atoms with E-state index in [0.29, 0.717) is 25.1 Å². The summed E-state index contributed by atoms with van der Waals surface area (Å²) >= 11 is 0. The van der Waals surface area contributed by atoms with Crippen LogP contribution in [0.15, 0.2) is 36.8 Å². The van der Waals surface area contributed by atoms with E-state index >= 15 is 0 Å². The van der Waals surface area contributed by atoms with Crippen molar-refractivity contribution in [3.63, 3.8) is 0 Å². The van der Waals surface area contributed by atoms with Crippen molar-refractivity contribution in [3.05, 3.63) is 48.2 Å². The number of fused-ring (bicyclic) bond motifs is 1. The van der Waals surface area contributed by atoms with E-state index in [4.69, 9.17) is 9.47 Å². The summed E-state index contributed by atoms with van der Waals surface area (Å²) in [6.45, 7) is 0.920. The van der Waals surface area contributed by atoms with Gasteiger partial charge in [0.15, 0.2) is 5.82 Å². The van der Waals surface area contributed by atoms with Crippen molar-refractivity contribution < 1.29 is 18.7 Å². The smallest absolute Gasteiger partial charge is 0.255 e. The van der Waals surface area contributed by atoms with Gasteiger partial charge in [-0.05, 0) is 31.0 Å². The third kappa shape index (κ3) is 3.05. The number of amides is 1. The van der Waals surface area contributed by atoms with Crippen LogP contribution in [0.25, 0.3) is 0 Å². The first kappa shape index (κ1) is 15.9. The molecular weight excluding hydrogens is 327 g/mol. The molecule has 8 heteroatoms. The van der Waals surface area contributed by atoms with E-state index in [1.807, 2.05) is 0 Å². The number of halogens is 1. The molecule has 2 fully saturated rings. The van der Waals surface area contributed by atoms with Gasteiger partial charge in [0, 0.05) is 12.7 Å². The number of morpholine rings is 1. The fraction of sp³-hybridized carbons (Fsp3) is 0.412. The van der Waals surface area contributed by atoms with Crippen molar-refractivity contribution in [3.8, 4) is 5.88 Å². The number of ether oxygens (including phenoxy) is 2. The molecule has 2 aromatic rings. The van der Waals surface area contributed by atoms with Gasteiger partial charge >= 0.3 is 0 Å². The number of aromatic nitrogens is 3. The molecule has 1 amide bonds. The number of pyridine rings is 1. The van der Waals surface area contributed by atoms with E-state index in [1.165, 1.54) is 30.7 Å². The maximum absolute atomic E-state index is 13.8. The van der Waals surface area contributed by atoms with Gasteiger partial charge in [-0.3, -0.25) is 4.79 Å². The maximum atomic E-state index is 13.8. The van der Waals surface area contributed by atoms with Crippen molar-refractivity contribution in [1.82, 2.24) is 20.1 Å². The highest BCUT2D eigenvalue weighted by molar-refractivity contribution is 5.94. The Bertz CT molecular complexity index is 761. The van der Waals surface area contributed by atoms with Crippen molar-refractivity contribution in [1.29, 1.82) is 0 Å². The lowest BCUT2D eigenvalue weighted by molar-refractivity contribution is -0.0799. The zero-order valence-electron chi connectivity index (χ0n) is 13.4. The third-order valence-electron chi connectivity index (χ3n) is 4.62. The van der Waals surface area contributed by atoms with Crippen molar-refractivity contribution in [2.45, 2.75) is 31.1 Å². The molecule has 1 saturated heterocycles. The van der Waals surface area contributed by atoms with Gasteiger partial charge in [-0.25, -0.2) is 9.37 Å². The van der Waals surface area contributed by atoms with Gasteiger partial charge in [0.2, 0.25) is 0 Å². The van der Waals surface area contributed by atoms with E-state index < -0.39 is 5.82 Å². The molecule has 1 saturated carbocycles. The van der Waals surface area contributed by atoms with Crippen LogP contribution in [0.4, 0.5) is 4.39 Å². The SMILES string of the molecule is O=C(c1ccnnc1)N1CCO[C@H]2[C@@H](Oc3ncccc3F)CC[C@@H]21. The lowest BCUT2D eigenvalue weighted by Crippen LogP contribution is -2.54. The standard InChI is InChI=1S/C17H17FN4O3/c18-12-2-1-6-19-16(12)25-14-4-3-13-15(14)24-9-8-22(13)17(23)11-5-7-20-21-10-11/h1-2,5-7,10,13-15H,3-4,8-9H2/t13-,14-,15+/m0/s1. The summed E-state index contributed by atoms with van der Waals surface area (Å²) in [5, 5.41) is 7.46. The molecule has 0 radical (unpaired) electrons. The molecule has 0 bridgehead atoms. The minimum atomic E-state index is -0.502. The fourth-order valence-corrected chi connectivity index (χ4v) is 3.48. The minimum Gasteiger partial charge on any atom is -0.469 e. The summed E-state index contributed by atoms with van der Waals surface area (Å²) in [5.74, 6) is -0.631. The lowest BCUT2D eigenvalue weighted by Gasteiger charge is -2.38. The van der Waals surface area contributed by atoms with Crippen molar-refractivity contribution >= 4 is 5.91 Å². The number of hydrogen-bond acceptors (Lipinski definition) is 6. The Hall–Kier alpha value is -2.61. The summed E-state index contributed by atoms with van der Waals surface area (Å²) in [6.07, 6.45) is 5.21. The van der Waals surface area contributed by atoms with Crippen LogP contribution in [0.2, 0.25) is 0 Å². The Labute approximate surface area is 143 Å². The predicted molar refractivity (Wildman–Crippen MR) is 84.4 cm³/mol. The van der Waals surface area contributed by atoms with Crippen LogP contribution in [-0.2, 0) is 4.74 Å². The van der Waals surface area contributed by atoms with Gasteiger partial charge in [0.05, 0.1) is 30.6 Å². The van der Waals surface area contributed by atoms with Gasteiger partial charge in [-0.2, -0.15) is 10.2 Å². The first-order valence-electron chi connectivity index (χ1n) is 8.20. The molecule has 1 aliphatic carbocycles. The lowest BCUT2D eigenvalue weighted by atomic mass is 10.1. The molecule has 2 aliphatic rings. The van der Waals surface area contributed by atoms with Crippen molar-refractivity contribution in [2.75, 3.05) is 13.2 Å². The molecule has 1 aliphatic heterocycles. The zero-order valence-corrected chi connectivity index (χ0v) is 13.4. The number of hydrogen-bond donors (Lipinski definition) is 0. The molecule has 25 heavy (non-hydrogen) atoms. The second kappa shape index (κ2) is 6.72. The number of rotatable bonds is 3. The minimum absolute atomic E-state index is 0.0291. The van der Waals surface area contributed by atoms with E-state index in [2.05, 4.69) is 15.2 Å². The Balaban J connectivity index is 1.51. The number of nitrogens with zero attached hydrogens (tertiary/aromatic N) is 4. The summed E-state index contributed by atoms with van der Waals surface area (Å²) < 4.78 is 25.4.